The van der Waals surface area contributed by atoms with E-state index in [0.717, 1.165) is 0 Å². The highest BCUT2D eigenvalue weighted by Crippen LogP contribution is 2.21. The van der Waals surface area contributed by atoms with Gasteiger partial charge in [0, 0.05) is 0 Å². The maximum atomic E-state index is 12.9. The van der Waals surface area contributed by atoms with Crippen LogP contribution in [0.2, 0.25) is 0 Å². The van der Waals surface area contributed by atoms with Crippen LogP contribution in [0.1, 0.15) is 20.8 Å². The van der Waals surface area contributed by atoms with Crippen molar-refractivity contribution in [1.29, 1.82) is 0 Å². The van der Waals surface area contributed by atoms with Crippen molar-refractivity contribution in [2.24, 2.45) is 5.73 Å². The molecule has 0 aromatic carbocycles. The van der Waals surface area contributed by atoms with Gasteiger partial charge in [-0.05, 0) is 20.8 Å². The average molecular weight is 135 g/mol. The minimum Gasteiger partial charge on any atom is -0.394 e. The van der Waals surface area contributed by atoms with E-state index in [-0.39, 0.29) is 6.61 Å². The summed E-state index contributed by atoms with van der Waals surface area (Å²) in [5.41, 5.74) is 2.71. The summed E-state index contributed by atoms with van der Waals surface area (Å²) in [5.74, 6) is 0. The Balaban J connectivity index is 4.14. The van der Waals surface area contributed by atoms with Crippen LogP contribution in [0.5, 0.6) is 0 Å². The van der Waals surface area contributed by atoms with Gasteiger partial charge < -0.3 is 10.8 Å². The van der Waals surface area contributed by atoms with Crippen molar-refractivity contribution >= 4 is 0 Å². The largest absolute Gasteiger partial charge is 0.394 e. The van der Waals surface area contributed by atoms with Crippen molar-refractivity contribution in [2.45, 2.75) is 32.0 Å². The van der Waals surface area contributed by atoms with Crippen LogP contribution in [0.25, 0.3) is 0 Å². The number of hydrogen-bond donors (Lipinski definition) is 2. The molecule has 0 aromatic heterocycles. The number of rotatable bonds is 2. The molecule has 0 rings (SSSR count). The highest BCUT2D eigenvalue weighted by Gasteiger charge is 2.36. The highest BCUT2D eigenvalue weighted by atomic mass is 19.1. The van der Waals surface area contributed by atoms with E-state index in [0.29, 0.717) is 0 Å². The molecule has 0 aromatic rings. The first-order valence-electron chi connectivity index (χ1n) is 2.90. The van der Waals surface area contributed by atoms with Gasteiger partial charge in [-0.2, -0.15) is 0 Å². The first-order chi connectivity index (χ1) is 3.81. The maximum Gasteiger partial charge on any atom is 0.125 e. The van der Waals surface area contributed by atoms with Crippen LogP contribution in [0.3, 0.4) is 0 Å². The normalized spacial score (nSPS) is 19.3. The molecule has 0 aliphatic heterocycles. The Bertz CT molecular complexity index is 95.7. The molecule has 0 saturated carbocycles. The van der Waals surface area contributed by atoms with Crippen molar-refractivity contribution in [1.82, 2.24) is 0 Å². The molecule has 0 bridgehead atoms. The summed E-state index contributed by atoms with van der Waals surface area (Å²) >= 11 is 0. The van der Waals surface area contributed by atoms with E-state index in [2.05, 4.69) is 0 Å². The molecule has 3 heteroatoms. The van der Waals surface area contributed by atoms with Crippen molar-refractivity contribution in [3.63, 3.8) is 0 Å². The Morgan fingerprint density at radius 1 is 1.44 bits per heavy atom. The zero-order chi connectivity index (χ0) is 7.71. The first-order valence-corrected chi connectivity index (χ1v) is 2.90. The second-order valence-electron chi connectivity index (χ2n) is 3.05. The number of alkyl halides is 1. The Hall–Kier alpha value is -0.150. The van der Waals surface area contributed by atoms with Crippen LogP contribution >= 0.6 is 0 Å². The van der Waals surface area contributed by atoms with Gasteiger partial charge in [0.2, 0.25) is 0 Å². The van der Waals surface area contributed by atoms with E-state index < -0.39 is 11.2 Å². The van der Waals surface area contributed by atoms with E-state index in [1.54, 1.807) is 0 Å². The van der Waals surface area contributed by atoms with Gasteiger partial charge in [0.25, 0.3) is 0 Å². The van der Waals surface area contributed by atoms with Crippen LogP contribution in [0.4, 0.5) is 4.39 Å². The lowest BCUT2D eigenvalue weighted by molar-refractivity contribution is 0.0561. The van der Waals surface area contributed by atoms with Crippen molar-refractivity contribution < 1.29 is 9.50 Å². The molecule has 0 amide bonds. The minimum absolute atomic E-state index is 0.337. The average Bonchev–Trinajstić information content (AvgIpc) is 1.64. The molecule has 3 N–H and O–H groups in total. The topological polar surface area (TPSA) is 46.2 Å². The van der Waals surface area contributed by atoms with Gasteiger partial charge in [-0.3, -0.25) is 0 Å². The monoisotopic (exact) mass is 135 g/mol. The van der Waals surface area contributed by atoms with E-state index in [1.165, 1.54) is 20.8 Å². The summed E-state index contributed by atoms with van der Waals surface area (Å²) in [4.78, 5) is 0. The summed E-state index contributed by atoms with van der Waals surface area (Å²) in [7, 11) is 0. The number of aliphatic hydroxyl groups excluding tert-OH is 1. The molecule has 0 aliphatic carbocycles. The maximum absolute atomic E-state index is 12.9. The van der Waals surface area contributed by atoms with Gasteiger partial charge in [0.05, 0.1) is 12.1 Å². The predicted molar refractivity (Wildman–Crippen MR) is 34.9 cm³/mol. The minimum atomic E-state index is -1.53. The van der Waals surface area contributed by atoms with Gasteiger partial charge in [-0.25, -0.2) is 4.39 Å². The number of hydrogen-bond acceptors (Lipinski definition) is 2. The highest BCUT2D eigenvalue weighted by molar-refractivity contribution is 4.93. The van der Waals surface area contributed by atoms with Crippen LogP contribution < -0.4 is 5.73 Å². The summed E-state index contributed by atoms with van der Waals surface area (Å²) < 4.78 is 12.9. The van der Waals surface area contributed by atoms with Crippen LogP contribution in [0.15, 0.2) is 0 Å². The van der Waals surface area contributed by atoms with E-state index in [1.807, 2.05) is 0 Å². The fourth-order valence-corrected chi connectivity index (χ4v) is 0.188. The molecule has 1 atom stereocenters. The molecule has 0 spiro atoms. The van der Waals surface area contributed by atoms with Gasteiger partial charge in [0.1, 0.15) is 5.67 Å². The molecule has 0 fully saturated rings. The standard InChI is InChI=1S/C6H14FNO/c1-5(2,7)6(3,8)4-9/h9H,4,8H2,1-3H3. The fraction of sp³-hybridized carbons (Fsp3) is 1.00. The lowest BCUT2D eigenvalue weighted by Crippen LogP contribution is -2.55. The van der Waals surface area contributed by atoms with Crippen LogP contribution in [-0.2, 0) is 0 Å². The van der Waals surface area contributed by atoms with Crippen molar-refractivity contribution in [2.75, 3.05) is 6.61 Å². The van der Waals surface area contributed by atoms with Crippen molar-refractivity contribution in [3.05, 3.63) is 0 Å². The van der Waals surface area contributed by atoms with Crippen LogP contribution in [0, 0.1) is 0 Å². The Morgan fingerprint density at radius 3 is 1.78 bits per heavy atom. The van der Waals surface area contributed by atoms with E-state index in [9.17, 15) is 4.39 Å². The SMILES string of the molecule is CC(C)(F)C(C)(N)CO. The zero-order valence-corrected chi connectivity index (χ0v) is 6.11. The summed E-state index contributed by atoms with van der Waals surface area (Å²) in [6.45, 7) is 3.84. The lowest BCUT2D eigenvalue weighted by Gasteiger charge is -2.32. The number of halogens is 1. The number of nitrogens with two attached hydrogens (primary N) is 1. The molecule has 56 valence electrons. The Kier molecular flexibility index (Phi) is 2.19. The second-order valence-corrected chi connectivity index (χ2v) is 3.05. The third kappa shape index (κ3) is 1.91. The molecule has 0 aliphatic rings. The number of aliphatic hydroxyl groups is 1. The zero-order valence-electron chi connectivity index (χ0n) is 6.11. The lowest BCUT2D eigenvalue weighted by atomic mass is 9.88. The van der Waals surface area contributed by atoms with Gasteiger partial charge in [-0.15, -0.1) is 0 Å². The summed E-state index contributed by atoms with van der Waals surface area (Å²) in [6.07, 6.45) is 0. The summed E-state index contributed by atoms with van der Waals surface area (Å²) in [5, 5.41) is 8.56. The van der Waals surface area contributed by atoms with E-state index in [4.69, 9.17) is 10.8 Å². The van der Waals surface area contributed by atoms with Crippen molar-refractivity contribution in [3.8, 4) is 0 Å². The predicted octanol–water partition coefficient (Wildman–Crippen LogP) is 0.444. The third-order valence-corrected chi connectivity index (χ3v) is 1.69. The first kappa shape index (κ1) is 8.85. The van der Waals surface area contributed by atoms with Crippen LogP contribution in [-0.4, -0.2) is 22.9 Å². The molecular formula is C6H14FNO. The molecule has 2 nitrogen and oxygen atoms in total. The quantitative estimate of drug-likeness (QED) is 0.577. The van der Waals surface area contributed by atoms with Gasteiger partial charge in [0.15, 0.2) is 0 Å². The molecule has 0 radical (unpaired) electrons. The molecule has 0 saturated heterocycles. The third-order valence-electron chi connectivity index (χ3n) is 1.69. The van der Waals surface area contributed by atoms with Gasteiger partial charge in [-0.1, -0.05) is 0 Å². The van der Waals surface area contributed by atoms with E-state index >= 15 is 0 Å². The fourth-order valence-electron chi connectivity index (χ4n) is 0.188. The Morgan fingerprint density at radius 2 is 1.78 bits per heavy atom. The molecule has 1 unspecified atom stereocenters. The summed E-state index contributed by atoms with van der Waals surface area (Å²) in [6, 6.07) is 0. The van der Waals surface area contributed by atoms with Gasteiger partial charge >= 0.3 is 0 Å². The molecule has 0 heterocycles. The Labute approximate surface area is 54.9 Å². The molecular weight excluding hydrogens is 121 g/mol. The second kappa shape index (κ2) is 2.23. The molecule has 9 heavy (non-hydrogen) atoms. The smallest absolute Gasteiger partial charge is 0.125 e.